The first-order valence-corrected chi connectivity index (χ1v) is 10.2. The number of hydrogen-bond donors (Lipinski definition) is 2. The van der Waals surface area contributed by atoms with Gasteiger partial charge in [-0.1, -0.05) is 18.2 Å². The molecule has 31 heavy (non-hydrogen) atoms. The number of anilines is 2. The molecule has 0 aromatic heterocycles. The molecule has 3 aromatic carbocycles. The minimum Gasteiger partial charge on any atom is -0.465 e. The molecule has 0 heterocycles. The number of carbonyl (C=O) groups excluding carboxylic acids is 3. The molecular formula is C23H19FN2O4S. The van der Waals surface area contributed by atoms with Crippen molar-refractivity contribution in [3.63, 3.8) is 0 Å². The highest BCUT2D eigenvalue weighted by molar-refractivity contribution is 8.00. The van der Waals surface area contributed by atoms with Gasteiger partial charge in [-0.25, -0.2) is 9.18 Å². The predicted octanol–water partition coefficient (Wildman–Crippen LogP) is 4.60. The molecule has 0 aliphatic carbocycles. The van der Waals surface area contributed by atoms with Crippen molar-refractivity contribution in [2.45, 2.75) is 4.90 Å². The molecule has 0 atom stereocenters. The summed E-state index contributed by atoms with van der Waals surface area (Å²) in [6.45, 7) is 0. The molecule has 6 nitrogen and oxygen atoms in total. The number of para-hydroxylation sites is 1. The number of benzene rings is 3. The Morgan fingerprint density at radius 1 is 0.935 bits per heavy atom. The molecule has 0 bridgehead atoms. The van der Waals surface area contributed by atoms with Crippen LogP contribution in [-0.2, 0) is 9.53 Å². The monoisotopic (exact) mass is 438 g/mol. The van der Waals surface area contributed by atoms with Gasteiger partial charge < -0.3 is 15.4 Å². The van der Waals surface area contributed by atoms with E-state index in [1.807, 2.05) is 6.07 Å². The lowest BCUT2D eigenvalue weighted by Crippen LogP contribution is -2.17. The Morgan fingerprint density at radius 2 is 1.68 bits per heavy atom. The molecular weight excluding hydrogens is 419 g/mol. The maximum atomic E-state index is 13.0. The third-order valence-electron chi connectivity index (χ3n) is 4.17. The van der Waals surface area contributed by atoms with Crippen LogP contribution in [0.15, 0.2) is 77.7 Å². The van der Waals surface area contributed by atoms with Gasteiger partial charge in [0.2, 0.25) is 5.91 Å². The van der Waals surface area contributed by atoms with Gasteiger partial charge in [-0.15, -0.1) is 11.8 Å². The second-order valence-corrected chi connectivity index (χ2v) is 7.41. The number of halogens is 1. The molecule has 0 saturated carbocycles. The van der Waals surface area contributed by atoms with Gasteiger partial charge in [-0.2, -0.15) is 0 Å². The van der Waals surface area contributed by atoms with Crippen molar-refractivity contribution in [3.05, 3.63) is 89.7 Å². The molecule has 0 fully saturated rings. The summed E-state index contributed by atoms with van der Waals surface area (Å²) in [5.74, 6) is -1.50. The Bertz CT molecular complexity index is 1100. The molecule has 2 amide bonds. The first-order valence-electron chi connectivity index (χ1n) is 9.23. The van der Waals surface area contributed by atoms with E-state index in [2.05, 4.69) is 10.6 Å². The largest absolute Gasteiger partial charge is 0.465 e. The maximum Gasteiger partial charge on any atom is 0.339 e. The summed E-state index contributed by atoms with van der Waals surface area (Å²) in [5.41, 5.74) is 1.54. The number of ether oxygens (including phenoxy) is 1. The minimum atomic E-state index is -0.534. The SMILES string of the molecule is COC(=O)c1ccccc1NC(=O)CSc1cccc(NC(=O)c2ccc(F)cc2)c1. The van der Waals surface area contributed by atoms with Crippen molar-refractivity contribution in [1.82, 2.24) is 0 Å². The van der Waals surface area contributed by atoms with Gasteiger partial charge in [0.05, 0.1) is 24.1 Å². The molecule has 0 aliphatic rings. The molecule has 0 spiro atoms. The van der Waals surface area contributed by atoms with Crippen LogP contribution in [0.25, 0.3) is 0 Å². The zero-order chi connectivity index (χ0) is 22.2. The summed E-state index contributed by atoms with van der Waals surface area (Å²) in [5, 5.41) is 5.45. The van der Waals surface area contributed by atoms with Crippen LogP contribution in [0.4, 0.5) is 15.8 Å². The van der Waals surface area contributed by atoms with Gasteiger partial charge in [-0.3, -0.25) is 9.59 Å². The van der Waals surface area contributed by atoms with Crippen LogP contribution in [-0.4, -0.2) is 30.6 Å². The zero-order valence-corrected chi connectivity index (χ0v) is 17.4. The van der Waals surface area contributed by atoms with Crippen molar-refractivity contribution in [2.24, 2.45) is 0 Å². The van der Waals surface area contributed by atoms with Crippen molar-refractivity contribution in [1.29, 1.82) is 0 Å². The first-order chi connectivity index (χ1) is 15.0. The van der Waals surface area contributed by atoms with Crippen LogP contribution in [0.5, 0.6) is 0 Å². The Labute approximate surface area is 182 Å². The summed E-state index contributed by atoms with van der Waals surface area (Å²) in [7, 11) is 1.28. The van der Waals surface area contributed by atoms with E-state index >= 15 is 0 Å². The van der Waals surface area contributed by atoms with Crippen molar-refractivity contribution in [3.8, 4) is 0 Å². The number of thioether (sulfide) groups is 1. The molecule has 0 aliphatic heterocycles. The first kappa shape index (κ1) is 22.0. The number of carbonyl (C=O) groups is 3. The van der Waals surface area contributed by atoms with Crippen LogP contribution in [0.2, 0.25) is 0 Å². The van der Waals surface area contributed by atoms with E-state index in [1.54, 1.807) is 42.5 Å². The summed E-state index contributed by atoms with van der Waals surface area (Å²) >= 11 is 1.28. The van der Waals surface area contributed by atoms with E-state index in [0.29, 0.717) is 16.9 Å². The molecule has 0 unspecified atom stereocenters. The average molecular weight is 438 g/mol. The highest BCUT2D eigenvalue weighted by atomic mass is 32.2. The number of hydrogen-bond acceptors (Lipinski definition) is 5. The summed E-state index contributed by atoms with van der Waals surface area (Å²) in [6.07, 6.45) is 0. The molecule has 3 rings (SSSR count). The summed E-state index contributed by atoms with van der Waals surface area (Å²) in [6, 6.07) is 18.9. The predicted molar refractivity (Wildman–Crippen MR) is 118 cm³/mol. The lowest BCUT2D eigenvalue weighted by atomic mass is 10.2. The number of amides is 2. The van der Waals surface area contributed by atoms with Gasteiger partial charge in [0.25, 0.3) is 5.91 Å². The standard InChI is InChI=1S/C23H19FN2O4S/c1-30-23(29)19-7-2-3-8-20(19)26-21(27)14-31-18-6-4-5-17(13-18)25-22(28)15-9-11-16(24)12-10-15/h2-13H,14H2,1H3,(H,25,28)(H,26,27). The van der Waals surface area contributed by atoms with E-state index < -0.39 is 11.8 Å². The Balaban J connectivity index is 1.59. The molecule has 158 valence electrons. The minimum absolute atomic E-state index is 0.102. The van der Waals surface area contributed by atoms with Crippen LogP contribution < -0.4 is 10.6 Å². The Morgan fingerprint density at radius 3 is 2.42 bits per heavy atom. The number of nitrogens with one attached hydrogen (secondary N) is 2. The second kappa shape index (κ2) is 10.4. The third-order valence-corrected chi connectivity index (χ3v) is 5.17. The zero-order valence-electron chi connectivity index (χ0n) is 16.6. The number of methoxy groups -OCH3 is 1. The van der Waals surface area contributed by atoms with Crippen LogP contribution >= 0.6 is 11.8 Å². The molecule has 2 N–H and O–H groups in total. The van der Waals surface area contributed by atoms with Crippen molar-refractivity contribution < 1.29 is 23.5 Å². The van der Waals surface area contributed by atoms with Crippen molar-refractivity contribution in [2.75, 3.05) is 23.5 Å². The second-order valence-electron chi connectivity index (χ2n) is 6.36. The fourth-order valence-electron chi connectivity index (χ4n) is 2.68. The van der Waals surface area contributed by atoms with Crippen LogP contribution in [0.3, 0.4) is 0 Å². The fourth-order valence-corrected chi connectivity index (χ4v) is 3.44. The normalized spacial score (nSPS) is 10.3. The third kappa shape index (κ3) is 6.16. The number of rotatable bonds is 7. The highest BCUT2D eigenvalue weighted by Gasteiger charge is 2.13. The van der Waals surface area contributed by atoms with Crippen LogP contribution in [0, 0.1) is 5.82 Å². The van der Waals surface area contributed by atoms with Gasteiger partial charge in [0.1, 0.15) is 5.82 Å². The van der Waals surface area contributed by atoms with E-state index in [1.165, 1.54) is 43.1 Å². The van der Waals surface area contributed by atoms with Gasteiger partial charge in [0.15, 0.2) is 0 Å². The Kier molecular flexibility index (Phi) is 7.40. The van der Waals surface area contributed by atoms with Crippen LogP contribution in [0.1, 0.15) is 20.7 Å². The topological polar surface area (TPSA) is 84.5 Å². The lowest BCUT2D eigenvalue weighted by molar-refractivity contribution is -0.113. The quantitative estimate of drug-likeness (QED) is 0.416. The Hall–Kier alpha value is -3.65. The van der Waals surface area contributed by atoms with Gasteiger partial charge in [-0.05, 0) is 54.6 Å². The van der Waals surface area contributed by atoms with E-state index in [-0.39, 0.29) is 23.1 Å². The highest BCUT2D eigenvalue weighted by Crippen LogP contribution is 2.23. The van der Waals surface area contributed by atoms with Crippen molar-refractivity contribution >= 4 is 40.9 Å². The average Bonchev–Trinajstić information content (AvgIpc) is 2.78. The summed E-state index contributed by atoms with van der Waals surface area (Å²) < 4.78 is 17.7. The smallest absolute Gasteiger partial charge is 0.339 e. The van der Waals surface area contributed by atoms with Gasteiger partial charge in [0, 0.05) is 16.1 Å². The number of esters is 1. The van der Waals surface area contributed by atoms with Gasteiger partial charge >= 0.3 is 5.97 Å². The molecule has 0 radical (unpaired) electrons. The van der Waals surface area contributed by atoms with E-state index in [0.717, 1.165) is 4.90 Å². The lowest BCUT2D eigenvalue weighted by Gasteiger charge is -2.10. The summed E-state index contributed by atoms with van der Waals surface area (Å²) in [4.78, 5) is 37.2. The fraction of sp³-hybridized carbons (Fsp3) is 0.0870. The molecule has 0 saturated heterocycles. The molecule has 8 heteroatoms. The van der Waals surface area contributed by atoms with E-state index in [4.69, 9.17) is 4.74 Å². The maximum absolute atomic E-state index is 13.0. The molecule has 3 aromatic rings. The van der Waals surface area contributed by atoms with E-state index in [9.17, 15) is 18.8 Å².